The van der Waals surface area contributed by atoms with Crippen LogP contribution in [-0.2, 0) is 12.8 Å². The van der Waals surface area contributed by atoms with Crippen LogP contribution in [0, 0.1) is 5.92 Å². The van der Waals surface area contributed by atoms with Crippen LogP contribution in [0.15, 0.2) is 12.3 Å². The minimum absolute atomic E-state index is 0.750. The van der Waals surface area contributed by atoms with Crippen LogP contribution in [0.4, 0.5) is 0 Å². The number of aryl methyl sites for hydroxylation is 1. The second kappa shape index (κ2) is 3.74. The Morgan fingerprint density at radius 3 is 2.94 bits per heavy atom. The molecular formula is C12H14ClN3. The molecule has 0 unspecified atom stereocenters. The summed E-state index contributed by atoms with van der Waals surface area (Å²) in [6.07, 6.45) is 6.66. The number of aromatic nitrogens is 3. The molecule has 0 aromatic carbocycles. The van der Waals surface area contributed by atoms with E-state index in [4.69, 9.17) is 11.6 Å². The van der Waals surface area contributed by atoms with Crippen molar-refractivity contribution in [2.45, 2.75) is 32.6 Å². The van der Waals surface area contributed by atoms with Crippen molar-refractivity contribution in [2.24, 2.45) is 5.92 Å². The van der Waals surface area contributed by atoms with E-state index in [0.717, 1.165) is 40.8 Å². The van der Waals surface area contributed by atoms with Crippen LogP contribution in [0.3, 0.4) is 0 Å². The lowest BCUT2D eigenvalue weighted by Crippen LogP contribution is -1.97. The number of halogens is 1. The largest absolute Gasteiger partial charge is 0.285 e. The molecule has 3 nitrogen and oxygen atoms in total. The molecule has 0 radical (unpaired) electrons. The van der Waals surface area contributed by atoms with Gasteiger partial charge < -0.3 is 0 Å². The van der Waals surface area contributed by atoms with Gasteiger partial charge >= 0.3 is 0 Å². The quantitative estimate of drug-likeness (QED) is 0.819. The highest BCUT2D eigenvalue weighted by Gasteiger charge is 2.24. The molecule has 2 aromatic rings. The third kappa shape index (κ3) is 1.59. The third-order valence-corrected chi connectivity index (χ3v) is 3.63. The summed E-state index contributed by atoms with van der Waals surface area (Å²) in [4.78, 5) is 0. The summed E-state index contributed by atoms with van der Waals surface area (Å²) < 4.78 is 2.03. The highest BCUT2D eigenvalue weighted by atomic mass is 35.5. The van der Waals surface area contributed by atoms with Crippen LogP contribution in [0.5, 0.6) is 0 Å². The number of fused-ring (bicyclic) bond motifs is 1. The first-order valence-electron chi connectivity index (χ1n) is 5.80. The van der Waals surface area contributed by atoms with Crippen molar-refractivity contribution in [1.82, 2.24) is 14.6 Å². The maximum atomic E-state index is 6.28. The second-order valence-electron chi connectivity index (χ2n) is 4.47. The van der Waals surface area contributed by atoms with Gasteiger partial charge in [-0.3, -0.25) is 4.40 Å². The van der Waals surface area contributed by atoms with Crippen molar-refractivity contribution in [3.63, 3.8) is 0 Å². The van der Waals surface area contributed by atoms with Crippen molar-refractivity contribution < 1.29 is 0 Å². The molecule has 0 saturated heterocycles. The fourth-order valence-electron chi connectivity index (χ4n) is 2.00. The standard InChI is InChI=1S/C12H14ClN3/c1-2-9-5-6-16-10(7-8-3-4-8)14-15-12(16)11(9)13/h5-6,8H,2-4,7H2,1H3. The van der Waals surface area contributed by atoms with Crippen molar-refractivity contribution in [1.29, 1.82) is 0 Å². The number of rotatable bonds is 3. The fourth-order valence-corrected chi connectivity index (χ4v) is 2.33. The van der Waals surface area contributed by atoms with Gasteiger partial charge in [-0.1, -0.05) is 18.5 Å². The van der Waals surface area contributed by atoms with Crippen LogP contribution in [0.2, 0.25) is 5.02 Å². The molecule has 0 amide bonds. The van der Waals surface area contributed by atoms with E-state index >= 15 is 0 Å². The SMILES string of the molecule is CCc1ccn2c(CC3CC3)nnc2c1Cl. The van der Waals surface area contributed by atoms with E-state index < -0.39 is 0 Å². The summed E-state index contributed by atoms with van der Waals surface area (Å²) in [6.45, 7) is 2.10. The first kappa shape index (κ1) is 10.1. The van der Waals surface area contributed by atoms with Gasteiger partial charge in [-0.15, -0.1) is 10.2 Å². The predicted octanol–water partition coefficient (Wildman–Crippen LogP) is 2.90. The van der Waals surface area contributed by atoms with E-state index in [9.17, 15) is 0 Å². The highest BCUT2D eigenvalue weighted by molar-refractivity contribution is 6.34. The van der Waals surface area contributed by atoms with Crippen molar-refractivity contribution in [3.05, 3.63) is 28.7 Å². The molecule has 0 N–H and O–H groups in total. The number of nitrogens with zero attached hydrogens (tertiary/aromatic N) is 3. The van der Waals surface area contributed by atoms with Gasteiger partial charge in [-0.25, -0.2) is 0 Å². The molecule has 16 heavy (non-hydrogen) atoms. The average molecular weight is 236 g/mol. The predicted molar refractivity (Wildman–Crippen MR) is 63.8 cm³/mol. The summed E-state index contributed by atoms with van der Waals surface area (Å²) in [7, 11) is 0. The van der Waals surface area contributed by atoms with E-state index in [2.05, 4.69) is 23.2 Å². The third-order valence-electron chi connectivity index (χ3n) is 3.22. The summed E-state index contributed by atoms with van der Waals surface area (Å²) >= 11 is 6.28. The van der Waals surface area contributed by atoms with Crippen LogP contribution in [0.25, 0.3) is 5.65 Å². The first-order chi connectivity index (χ1) is 7.79. The lowest BCUT2D eigenvalue weighted by atomic mass is 10.2. The van der Waals surface area contributed by atoms with Crippen LogP contribution < -0.4 is 0 Å². The Labute approximate surface area is 99.4 Å². The van der Waals surface area contributed by atoms with Crippen molar-refractivity contribution in [2.75, 3.05) is 0 Å². The van der Waals surface area contributed by atoms with Crippen LogP contribution in [0.1, 0.15) is 31.2 Å². The minimum atomic E-state index is 0.750. The molecule has 1 fully saturated rings. The fraction of sp³-hybridized carbons (Fsp3) is 0.500. The zero-order valence-corrected chi connectivity index (χ0v) is 10.0. The van der Waals surface area contributed by atoms with Gasteiger partial charge in [0.2, 0.25) is 0 Å². The lowest BCUT2D eigenvalue weighted by molar-refractivity contribution is 0.757. The summed E-state index contributed by atoms with van der Waals surface area (Å²) in [5, 5.41) is 9.18. The zero-order valence-electron chi connectivity index (χ0n) is 9.28. The number of pyridine rings is 1. The Kier molecular flexibility index (Phi) is 2.36. The Bertz CT molecular complexity index is 528. The van der Waals surface area contributed by atoms with Crippen molar-refractivity contribution in [3.8, 4) is 0 Å². The van der Waals surface area contributed by atoms with Gasteiger partial charge in [-0.2, -0.15) is 0 Å². The molecule has 0 bridgehead atoms. The molecule has 4 heteroatoms. The smallest absolute Gasteiger partial charge is 0.179 e. The summed E-state index contributed by atoms with van der Waals surface area (Å²) in [5.41, 5.74) is 1.94. The Balaban J connectivity index is 2.09. The topological polar surface area (TPSA) is 30.2 Å². The molecule has 0 atom stereocenters. The molecule has 2 heterocycles. The molecule has 0 aliphatic heterocycles. The van der Waals surface area contributed by atoms with Gasteiger partial charge in [0.1, 0.15) is 5.82 Å². The second-order valence-corrected chi connectivity index (χ2v) is 4.84. The lowest BCUT2D eigenvalue weighted by Gasteiger charge is -2.03. The average Bonchev–Trinajstić information content (AvgIpc) is 3.00. The minimum Gasteiger partial charge on any atom is -0.285 e. The highest BCUT2D eigenvalue weighted by Crippen LogP contribution is 2.32. The van der Waals surface area contributed by atoms with Gasteiger partial charge in [0.05, 0.1) is 5.02 Å². The monoisotopic (exact) mass is 235 g/mol. The van der Waals surface area contributed by atoms with E-state index in [-0.39, 0.29) is 0 Å². The zero-order chi connectivity index (χ0) is 11.1. The maximum Gasteiger partial charge on any atom is 0.179 e. The first-order valence-corrected chi connectivity index (χ1v) is 6.18. The molecule has 1 saturated carbocycles. The van der Waals surface area contributed by atoms with E-state index in [1.807, 2.05) is 10.6 Å². The van der Waals surface area contributed by atoms with Gasteiger partial charge in [0.25, 0.3) is 0 Å². The molecule has 1 aliphatic carbocycles. The van der Waals surface area contributed by atoms with Crippen molar-refractivity contribution >= 4 is 17.2 Å². The van der Waals surface area contributed by atoms with E-state index in [0.29, 0.717) is 0 Å². The molecule has 0 spiro atoms. The normalized spacial score (nSPS) is 15.9. The Morgan fingerprint density at radius 2 is 2.25 bits per heavy atom. The molecule has 2 aromatic heterocycles. The maximum absolute atomic E-state index is 6.28. The molecule has 84 valence electrons. The van der Waals surface area contributed by atoms with Gasteiger partial charge in [-0.05, 0) is 36.8 Å². The van der Waals surface area contributed by atoms with E-state index in [1.54, 1.807) is 0 Å². The number of hydrogen-bond donors (Lipinski definition) is 0. The summed E-state index contributed by atoms with van der Waals surface area (Å²) in [5.74, 6) is 1.86. The number of hydrogen-bond acceptors (Lipinski definition) is 2. The molecule has 1 aliphatic rings. The Morgan fingerprint density at radius 1 is 1.44 bits per heavy atom. The summed E-state index contributed by atoms with van der Waals surface area (Å²) in [6, 6.07) is 2.06. The van der Waals surface area contributed by atoms with Gasteiger partial charge in [0.15, 0.2) is 5.65 Å². The van der Waals surface area contributed by atoms with E-state index in [1.165, 1.54) is 12.8 Å². The molecule has 3 rings (SSSR count). The van der Waals surface area contributed by atoms with Gasteiger partial charge in [0, 0.05) is 12.6 Å². The van der Waals surface area contributed by atoms with Crippen LogP contribution >= 0.6 is 11.6 Å². The Hall–Kier alpha value is -1.09. The van der Waals surface area contributed by atoms with Crippen LogP contribution in [-0.4, -0.2) is 14.6 Å². The molecular weight excluding hydrogens is 222 g/mol.